The van der Waals surface area contributed by atoms with E-state index in [9.17, 15) is 4.79 Å². The molecule has 128 valence electrons. The molecule has 1 fully saturated rings. The highest BCUT2D eigenvalue weighted by Crippen LogP contribution is 2.27. The van der Waals surface area contributed by atoms with E-state index in [1.165, 1.54) is 10.9 Å². The number of amides is 1. The van der Waals surface area contributed by atoms with Crippen LogP contribution in [0.2, 0.25) is 0 Å². The summed E-state index contributed by atoms with van der Waals surface area (Å²) in [4.78, 5) is 13.7. The van der Waals surface area contributed by atoms with Crippen molar-refractivity contribution in [2.75, 3.05) is 40.4 Å². The average Bonchev–Trinajstić information content (AvgIpc) is 2.65. The second-order valence-electron chi connectivity index (χ2n) is 6.06. The van der Waals surface area contributed by atoms with Crippen LogP contribution in [0.15, 0.2) is 36.4 Å². The number of fused-ring (bicyclic) bond motifs is 1. The molecule has 5 heteroatoms. The summed E-state index contributed by atoms with van der Waals surface area (Å²) in [7, 11) is 3.35. The van der Waals surface area contributed by atoms with E-state index in [4.69, 9.17) is 9.47 Å². The van der Waals surface area contributed by atoms with Gasteiger partial charge in [0.15, 0.2) is 0 Å². The van der Waals surface area contributed by atoms with Gasteiger partial charge in [-0.1, -0.05) is 18.2 Å². The van der Waals surface area contributed by atoms with Crippen molar-refractivity contribution in [2.45, 2.75) is 12.5 Å². The van der Waals surface area contributed by atoms with Gasteiger partial charge in [-0.3, -0.25) is 9.69 Å². The Bertz CT molecular complexity index is 717. The van der Waals surface area contributed by atoms with Crippen LogP contribution in [0, 0.1) is 0 Å². The number of carbonyl (C=O) groups is 1. The maximum absolute atomic E-state index is 11.4. The molecule has 1 saturated heterocycles. The molecule has 5 nitrogen and oxygen atoms in total. The molecule has 3 rings (SSSR count). The predicted octanol–water partition coefficient (Wildman–Crippen LogP) is 2.36. The summed E-state index contributed by atoms with van der Waals surface area (Å²) in [5.74, 6) is 0.947. The van der Waals surface area contributed by atoms with E-state index in [2.05, 4.69) is 34.5 Å². The third kappa shape index (κ3) is 3.86. The molecule has 1 atom stereocenters. The zero-order chi connectivity index (χ0) is 16.9. The van der Waals surface area contributed by atoms with Gasteiger partial charge in [-0.2, -0.15) is 0 Å². The molecule has 1 heterocycles. The Morgan fingerprint density at radius 3 is 2.88 bits per heavy atom. The third-order valence-corrected chi connectivity index (χ3v) is 4.53. The predicted molar refractivity (Wildman–Crippen MR) is 94.3 cm³/mol. The lowest BCUT2D eigenvalue weighted by atomic mass is 10.0. The number of morpholine rings is 1. The van der Waals surface area contributed by atoms with E-state index in [1.54, 1.807) is 14.2 Å². The number of ether oxygens (including phenoxy) is 2. The van der Waals surface area contributed by atoms with Gasteiger partial charge in [0.05, 0.1) is 19.8 Å². The number of rotatable bonds is 5. The van der Waals surface area contributed by atoms with E-state index < -0.39 is 0 Å². The minimum absolute atomic E-state index is 0.0509. The van der Waals surface area contributed by atoms with E-state index in [1.807, 2.05) is 12.1 Å². The summed E-state index contributed by atoms with van der Waals surface area (Å²) in [5.41, 5.74) is 1.18. The van der Waals surface area contributed by atoms with Gasteiger partial charge in [-0.15, -0.1) is 0 Å². The lowest BCUT2D eigenvalue weighted by Crippen LogP contribution is -2.40. The van der Waals surface area contributed by atoms with Gasteiger partial charge in [0, 0.05) is 33.1 Å². The summed E-state index contributed by atoms with van der Waals surface area (Å²) in [6.45, 7) is 3.15. The van der Waals surface area contributed by atoms with Gasteiger partial charge in [0.25, 0.3) is 0 Å². The lowest BCUT2D eigenvalue weighted by molar-refractivity contribution is -0.121. The molecule has 1 N–H and O–H groups in total. The fraction of sp³-hybridized carbons (Fsp3) is 0.421. The van der Waals surface area contributed by atoms with Crippen LogP contribution in [-0.2, 0) is 9.53 Å². The first-order valence-electron chi connectivity index (χ1n) is 8.32. The lowest BCUT2D eigenvalue weighted by Gasteiger charge is -2.33. The van der Waals surface area contributed by atoms with Crippen LogP contribution >= 0.6 is 0 Å². The Labute approximate surface area is 142 Å². The van der Waals surface area contributed by atoms with Gasteiger partial charge < -0.3 is 14.8 Å². The first kappa shape index (κ1) is 16.7. The molecule has 24 heavy (non-hydrogen) atoms. The minimum atomic E-state index is 0.0509. The van der Waals surface area contributed by atoms with Crippen LogP contribution in [0.1, 0.15) is 18.1 Å². The first-order chi connectivity index (χ1) is 11.7. The Morgan fingerprint density at radius 1 is 1.29 bits per heavy atom. The molecule has 1 aliphatic heterocycles. The Morgan fingerprint density at radius 2 is 2.08 bits per heavy atom. The maximum Gasteiger partial charge on any atom is 0.221 e. The largest absolute Gasteiger partial charge is 0.497 e. The summed E-state index contributed by atoms with van der Waals surface area (Å²) in [6, 6.07) is 12.5. The van der Waals surface area contributed by atoms with Gasteiger partial charge in [0.2, 0.25) is 5.91 Å². The van der Waals surface area contributed by atoms with Crippen molar-refractivity contribution in [3.05, 3.63) is 42.0 Å². The molecule has 0 saturated carbocycles. The van der Waals surface area contributed by atoms with Gasteiger partial charge in [0.1, 0.15) is 5.75 Å². The van der Waals surface area contributed by atoms with Crippen LogP contribution in [-0.4, -0.2) is 51.2 Å². The normalized spacial score (nSPS) is 18.5. The van der Waals surface area contributed by atoms with E-state index >= 15 is 0 Å². The standard InChI is InChI=1S/C19H24N2O3/c1-20-19(22)7-8-21-9-10-24-18(13-21)16-4-3-15-12-17(23-2)6-5-14(15)11-16/h3-6,11-12,18H,7-10,13H2,1-2H3,(H,20,22)/t18-/m0/s1. The fourth-order valence-corrected chi connectivity index (χ4v) is 3.06. The van der Waals surface area contributed by atoms with Crippen molar-refractivity contribution in [1.29, 1.82) is 0 Å². The topological polar surface area (TPSA) is 50.8 Å². The average molecular weight is 328 g/mol. The number of nitrogens with one attached hydrogen (secondary N) is 1. The quantitative estimate of drug-likeness (QED) is 0.915. The number of methoxy groups -OCH3 is 1. The van der Waals surface area contributed by atoms with Crippen LogP contribution in [0.5, 0.6) is 5.75 Å². The maximum atomic E-state index is 11.4. The molecule has 2 aromatic rings. The molecule has 2 aromatic carbocycles. The Balaban J connectivity index is 1.71. The van der Waals surface area contributed by atoms with Crippen molar-refractivity contribution in [2.24, 2.45) is 0 Å². The van der Waals surface area contributed by atoms with Crippen LogP contribution in [0.4, 0.5) is 0 Å². The number of nitrogens with zero attached hydrogens (tertiary/aromatic N) is 1. The van der Waals surface area contributed by atoms with Crippen molar-refractivity contribution < 1.29 is 14.3 Å². The second-order valence-corrected chi connectivity index (χ2v) is 6.06. The molecule has 1 aliphatic rings. The molecule has 0 aliphatic carbocycles. The molecular weight excluding hydrogens is 304 g/mol. The smallest absolute Gasteiger partial charge is 0.221 e. The molecule has 1 amide bonds. The number of hydrogen-bond acceptors (Lipinski definition) is 4. The third-order valence-electron chi connectivity index (χ3n) is 4.53. The molecule has 0 bridgehead atoms. The molecule has 0 unspecified atom stereocenters. The van der Waals surface area contributed by atoms with E-state index in [-0.39, 0.29) is 12.0 Å². The highest BCUT2D eigenvalue weighted by molar-refractivity contribution is 5.84. The van der Waals surface area contributed by atoms with Gasteiger partial charge >= 0.3 is 0 Å². The first-order valence-corrected chi connectivity index (χ1v) is 8.32. The summed E-state index contributed by atoms with van der Waals surface area (Å²) in [6.07, 6.45) is 0.579. The minimum Gasteiger partial charge on any atom is -0.497 e. The zero-order valence-electron chi connectivity index (χ0n) is 14.2. The summed E-state index contributed by atoms with van der Waals surface area (Å²) in [5, 5.41) is 5.01. The highest BCUT2D eigenvalue weighted by atomic mass is 16.5. The number of benzene rings is 2. The number of hydrogen-bond donors (Lipinski definition) is 1. The van der Waals surface area contributed by atoms with Crippen molar-refractivity contribution in [1.82, 2.24) is 10.2 Å². The molecule has 0 radical (unpaired) electrons. The van der Waals surface area contributed by atoms with Crippen LogP contribution in [0.25, 0.3) is 10.8 Å². The Kier molecular flexibility index (Phi) is 5.33. The summed E-state index contributed by atoms with van der Waals surface area (Å²) < 4.78 is 11.2. The van der Waals surface area contributed by atoms with E-state index in [0.717, 1.165) is 30.8 Å². The second kappa shape index (κ2) is 7.64. The van der Waals surface area contributed by atoms with Crippen LogP contribution < -0.4 is 10.1 Å². The van der Waals surface area contributed by atoms with Crippen molar-refractivity contribution in [3.63, 3.8) is 0 Å². The van der Waals surface area contributed by atoms with Crippen LogP contribution in [0.3, 0.4) is 0 Å². The molecule has 0 aromatic heterocycles. The van der Waals surface area contributed by atoms with Gasteiger partial charge in [-0.25, -0.2) is 0 Å². The SMILES string of the molecule is CNC(=O)CCN1CCO[C@H](c2ccc3cc(OC)ccc3c2)C1. The zero-order valence-corrected chi connectivity index (χ0v) is 14.2. The molecule has 0 spiro atoms. The summed E-state index contributed by atoms with van der Waals surface area (Å²) >= 11 is 0. The van der Waals surface area contributed by atoms with Crippen molar-refractivity contribution >= 4 is 16.7 Å². The Hall–Kier alpha value is -2.11. The fourth-order valence-electron chi connectivity index (χ4n) is 3.06. The monoisotopic (exact) mass is 328 g/mol. The number of carbonyl (C=O) groups excluding carboxylic acids is 1. The molecular formula is C19H24N2O3. The van der Waals surface area contributed by atoms with Gasteiger partial charge in [-0.05, 0) is 34.5 Å². The highest BCUT2D eigenvalue weighted by Gasteiger charge is 2.22. The van der Waals surface area contributed by atoms with Crippen molar-refractivity contribution in [3.8, 4) is 5.75 Å². The van der Waals surface area contributed by atoms with E-state index in [0.29, 0.717) is 13.0 Å².